The quantitative estimate of drug-likeness (QED) is 0.772. The van der Waals surface area contributed by atoms with E-state index in [9.17, 15) is 0 Å². The summed E-state index contributed by atoms with van der Waals surface area (Å²) in [6, 6.07) is 0.488. The van der Waals surface area contributed by atoms with Crippen LogP contribution in [0.15, 0.2) is 0 Å². The van der Waals surface area contributed by atoms with Crippen LogP contribution >= 0.6 is 11.5 Å². The highest BCUT2D eigenvalue weighted by Crippen LogP contribution is 2.36. The molecule has 1 fully saturated rings. The summed E-state index contributed by atoms with van der Waals surface area (Å²) in [4.78, 5) is 1.38. The van der Waals surface area contributed by atoms with E-state index in [1.807, 2.05) is 0 Å². The lowest BCUT2D eigenvalue weighted by Crippen LogP contribution is -2.21. The smallest absolute Gasteiger partial charge is 0.0803 e. The van der Waals surface area contributed by atoms with E-state index in [1.165, 1.54) is 36.3 Å². The van der Waals surface area contributed by atoms with Crippen molar-refractivity contribution in [2.24, 2.45) is 5.92 Å². The van der Waals surface area contributed by atoms with Crippen LogP contribution < -0.4 is 5.32 Å². The van der Waals surface area contributed by atoms with Gasteiger partial charge in [0, 0.05) is 6.04 Å². The lowest BCUT2D eigenvalue weighted by molar-refractivity contribution is 0.484. The van der Waals surface area contributed by atoms with Crippen LogP contribution in [0.3, 0.4) is 0 Å². The van der Waals surface area contributed by atoms with Crippen molar-refractivity contribution in [1.29, 1.82) is 0 Å². The summed E-state index contributed by atoms with van der Waals surface area (Å²) in [5.41, 5.74) is 1.22. The van der Waals surface area contributed by atoms with Gasteiger partial charge in [-0.15, -0.1) is 5.10 Å². The molecule has 1 unspecified atom stereocenters. The molecule has 1 aliphatic rings. The molecule has 1 aromatic heterocycles. The molecule has 0 spiro atoms. The van der Waals surface area contributed by atoms with Gasteiger partial charge in [-0.1, -0.05) is 37.6 Å². The van der Waals surface area contributed by atoms with Crippen molar-refractivity contribution in [1.82, 2.24) is 14.9 Å². The monoisotopic (exact) mass is 253 g/mol. The fourth-order valence-electron chi connectivity index (χ4n) is 2.27. The third-order valence-corrected chi connectivity index (χ3v) is 4.28. The number of hydrogen-bond donors (Lipinski definition) is 1. The highest BCUT2D eigenvalue weighted by molar-refractivity contribution is 7.05. The molecule has 17 heavy (non-hydrogen) atoms. The van der Waals surface area contributed by atoms with E-state index >= 15 is 0 Å². The first-order valence-electron chi connectivity index (χ1n) is 6.89. The molecule has 1 saturated carbocycles. The van der Waals surface area contributed by atoms with Crippen LogP contribution in [-0.2, 0) is 6.42 Å². The minimum Gasteiger partial charge on any atom is -0.309 e. The van der Waals surface area contributed by atoms with Crippen LogP contribution in [0, 0.1) is 5.92 Å². The molecular weight excluding hydrogens is 230 g/mol. The molecule has 0 bridgehead atoms. The maximum absolute atomic E-state index is 4.28. The van der Waals surface area contributed by atoms with Crippen molar-refractivity contribution in [3.05, 3.63) is 10.6 Å². The number of hydrogen-bond acceptors (Lipinski definition) is 4. The molecule has 96 valence electrons. The van der Waals surface area contributed by atoms with Gasteiger partial charge in [0.1, 0.15) is 0 Å². The zero-order valence-electron chi connectivity index (χ0n) is 10.9. The average molecular weight is 253 g/mol. The summed E-state index contributed by atoms with van der Waals surface area (Å²) >= 11 is 1.59. The Bertz CT molecular complexity index is 333. The zero-order chi connectivity index (χ0) is 12.1. The van der Waals surface area contributed by atoms with E-state index < -0.39 is 0 Å². The van der Waals surface area contributed by atoms with E-state index in [0.29, 0.717) is 6.04 Å². The molecule has 1 N–H and O–H groups in total. The Morgan fingerprint density at radius 1 is 1.41 bits per heavy atom. The SMILES string of the molecule is CCCc1nnsc1C(CCC1CC1)NCC. The van der Waals surface area contributed by atoms with Crippen LogP contribution in [0.25, 0.3) is 0 Å². The van der Waals surface area contributed by atoms with Gasteiger partial charge in [0.05, 0.1) is 10.6 Å². The van der Waals surface area contributed by atoms with E-state index in [-0.39, 0.29) is 0 Å². The molecule has 4 heteroatoms. The number of rotatable bonds is 8. The molecule has 1 aromatic rings. The van der Waals surface area contributed by atoms with Crippen molar-refractivity contribution in [2.45, 2.75) is 58.4 Å². The second-order valence-electron chi connectivity index (χ2n) is 4.96. The van der Waals surface area contributed by atoms with Crippen molar-refractivity contribution >= 4 is 11.5 Å². The van der Waals surface area contributed by atoms with Gasteiger partial charge in [-0.25, -0.2) is 0 Å². The van der Waals surface area contributed by atoms with E-state index in [0.717, 1.165) is 25.3 Å². The van der Waals surface area contributed by atoms with Crippen molar-refractivity contribution in [3.63, 3.8) is 0 Å². The summed E-state index contributed by atoms with van der Waals surface area (Å²) in [7, 11) is 0. The van der Waals surface area contributed by atoms with E-state index in [2.05, 4.69) is 28.8 Å². The molecule has 0 aromatic carbocycles. The van der Waals surface area contributed by atoms with Crippen molar-refractivity contribution in [3.8, 4) is 0 Å². The highest BCUT2D eigenvalue weighted by atomic mass is 32.1. The summed E-state index contributed by atoms with van der Waals surface area (Å²) < 4.78 is 4.14. The van der Waals surface area contributed by atoms with Gasteiger partial charge in [-0.2, -0.15) is 0 Å². The Hall–Kier alpha value is -0.480. The predicted octanol–water partition coefficient (Wildman–Crippen LogP) is 3.33. The fraction of sp³-hybridized carbons (Fsp3) is 0.846. The Morgan fingerprint density at radius 2 is 2.24 bits per heavy atom. The van der Waals surface area contributed by atoms with Crippen LogP contribution in [0.2, 0.25) is 0 Å². The number of aryl methyl sites for hydroxylation is 1. The van der Waals surface area contributed by atoms with Crippen LogP contribution in [0.5, 0.6) is 0 Å². The zero-order valence-corrected chi connectivity index (χ0v) is 11.7. The Labute approximate surface area is 108 Å². The lowest BCUT2D eigenvalue weighted by Gasteiger charge is -2.16. The maximum atomic E-state index is 4.28. The molecule has 0 radical (unpaired) electrons. The molecule has 1 aliphatic carbocycles. The van der Waals surface area contributed by atoms with Crippen LogP contribution in [0.1, 0.15) is 62.6 Å². The largest absolute Gasteiger partial charge is 0.309 e. The number of aromatic nitrogens is 2. The third kappa shape index (κ3) is 3.75. The maximum Gasteiger partial charge on any atom is 0.0803 e. The van der Waals surface area contributed by atoms with Crippen LogP contribution in [-0.4, -0.2) is 16.1 Å². The molecule has 0 aliphatic heterocycles. The first kappa shape index (κ1) is 13.0. The highest BCUT2D eigenvalue weighted by Gasteiger charge is 2.24. The van der Waals surface area contributed by atoms with Crippen molar-refractivity contribution < 1.29 is 0 Å². The summed E-state index contributed by atoms with van der Waals surface area (Å²) in [6.45, 7) is 5.41. The molecule has 2 rings (SSSR count). The Morgan fingerprint density at radius 3 is 2.88 bits per heavy atom. The normalized spacial score (nSPS) is 17.3. The Balaban J connectivity index is 1.98. The van der Waals surface area contributed by atoms with E-state index in [1.54, 1.807) is 11.5 Å². The Kier molecular flexibility index (Phi) is 4.92. The standard InChI is InChI=1S/C13H23N3S/c1-3-5-12-13(17-16-15-12)11(14-4-2)9-8-10-6-7-10/h10-11,14H,3-9H2,1-2H3. The average Bonchev–Trinajstić information content (AvgIpc) is 3.04. The summed E-state index contributed by atoms with van der Waals surface area (Å²) in [5, 5.41) is 7.88. The molecule has 0 amide bonds. The van der Waals surface area contributed by atoms with Gasteiger partial charge < -0.3 is 5.32 Å². The summed E-state index contributed by atoms with van der Waals surface area (Å²) in [6.07, 6.45) is 7.72. The van der Waals surface area contributed by atoms with Crippen molar-refractivity contribution in [2.75, 3.05) is 6.54 Å². The van der Waals surface area contributed by atoms with E-state index in [4.69, 9.17) is 0 Å². The molecule has 1 heterocycles. The lowest BCUT2D eigenvalue weighted by atomic mass is 10.0. The first-order valence-corrected chi connectivity index (χ1v) is 7.67. The van der Waals surface area contributed by atoms with Gasteiger partial charge in [-0.3, -0.25) is 0 Å². The molecule has 0 saturated heterocycles. The third-order valence-electron chi connectivity index (χ3n) is 3.40. The molecular formula is C13H23N3S. The fourth-order valence-corrected chi connectivity index (χ4v) is 3.08. The van der Waals surface area contributed by atoms with Gasteiger partial charge in [0.25, 0.3) is 0 Å². The number of nitrogens with one attached hydrogen (secondary N) is 1. The summed E-state index contributed by atoms with van der Waals surface area (Å²) in [5.74, 6) is 1.01. The topological polar surface area (TPSA) is 37.8 Å². The van der Waals surface area contributed by atoms with Gasteiger partial charge >= 0.3 is 0 Å². The first-order chi connectivity index (χ1) is 8.35. The van der Waals surface area contributed by atoms with Crippen LogP contribution in [0.4, 0.5) is 0 Å². The minimum atomic E-state index is 0.488. The second-order valence-corrected chi connectivity index (χ2v) is 5.75. The van der Waals surface area contributed by atoms with Gasteiger partial charge in [-0.05, 0) is 43.3 Å². The van der Waals surface area contributed by atoms with Gasteiger partial charge in [0.2, 0.25) is 0 Å². The van der Waals surface area contributed by atoms with Gasteiger partial charge in [0.15, 0.2) is 0 Å². The number of nitrogens with zero attached hydrogens (tertiary/aromatic N) is 2. The molecule has 1 atom stereocenters. The second kappa shape index (κ2) is 6.45. The minimum absolute atomic E-state index is 0.488. The predicted molar refractivity (Wildman–Crippen MR) is 72.3 cm³/mol. The molecule has 3 nitrogen and oxygen atoms in total.